The molecule has 0 spiro atoms. The molecule has 0 atom stereocenters. The average molecular weight is 430 g/mol. The van der Waals surface area contributed by atoms with Crippen molar-refractivity contribution in [3.8, 4) is 11.5 Å². The van der Waals surface area contributed by atoms with Gasteiger partial charge >= 0.3 is 0 Å². The Bertz CT molecular complexity index is 1080. The molecule has 30 heavy (non-hydrogen) atoms. The van der Waals surface area contributed by atoms with Gasteiger partial charge < -0.3 is 19.4 Å². The number of rotatable bonds is 9. The molecule has 1 amide bonds. The molecule has 0 radical (unpaired) electrons. The minimum Gasteiger partial charge on any atom is -0.492 e. The van der Waals surface area contributed by atoms with Crippen LogP contribution in [-0.2, 0) is 24.1 Å². The number of benzene rings is 1. The number of aromatic nitrogens is 5. The Balaban J connectivity index is 1.80. The third kappa shape index (κ3) is 5.17. The van der Waals surface area contributed by atoms with Crippen molar-refractivity contribution in [2.45, 2.75) is 24.4 Å². The lowest BCUT2D eigenvalue weighted by molar-refractivity contribution is -0.116. The van der Waals surface area contributed by atoms with Gasteiger partial charge in [-0.25, -0.2) is 4.68 Å². The number of methoxy groups -OCH3 is 1. The van der Waals surface area contributed by atoms with Crippen molar-refractivity contribution in [2.75, 3.05) is 19.0 Å². The minimum absolute atomic E-state index is 0.00986. The molecule has 0 saturated heterocycles. The number of anilines is 1. The van der Waals surface area contributed by atoms with Crippen molar-refractivity contribution in [2.24, 2.45) is 7.05 Å². The van der Waals surface area contributed by atoms with Crippen LogP contribution in [0.2, 0.25) is 0 Å². The van der Waals surface area contributed by atoms with Crippen molar-refractivity contribution in [3.05, 3.63) is 52.4 Å². The monoisotopic (exact) mass is 430 g/mol. The van der Waals surface area contributed by atoms with Gasteiger partial charge in [-0.3, -0.25) is 9.59 Å². The average Bonchev–Trinajstić information content (AvgIpc) is 3.14. The van der Waals surface area contributed by atoms with Gasteiger partial charge in [-0.05, 0) is 29.5 Å². The smallest absolute Gasteiger partial charge is 0.244 e. The number of para-hydroxylation sites is 2. The minimum atomic E-state index is -0.264. The lowest BCUT2D eigenvalue weighted by Crippen LogP contribution is -2.23. The second kappa shape index (κ2) is 9.92. The van der Waals surface area contributed by atoms with E-state index in [-0.39, 0.29) is 23.6 Å². The van der Waals surface area contributed by atoms with Crippen LogP contribution < -0.4 is 20.2 Å². The molecule has 1 aromatic carbocycles. The number of thioether (sulfide) groups is 1. The third-order valence-corrected chi connectivity index (χ3v) is 5.15. The first kappa shape index (κ1) is 21.4. The Hall–Kier alpha value is -3.34. The van der Waals surface area contributed by atoms with Crippen molar-refractivity contribution in [3.63, 3.8) is 0 Å². The number of pyridine rings is 1. The normalized spacial score (nSPS) is 10.6. The van der Waals surface area contributed by atoms with Crippen LogP contribution in [0.5, 0.6) is 11.5 Å². The number of amides is 1. The van der Waals surface area contributed by atoms with E-state index < -0.39 is 0 Å². The highest BCUT2D eigenvalue weighted by Gasteiger charge is 2.14. The second-order valence-electron chi connectivity index (χ2n) is 6.18. The molecular weight excluding hydrogens is 408 g/mol. The maximum Gasteiger partial charge on any atom is 0.244 e. The fraction of sp³-hybridized carbons (Fsp3) is 0.316. The van der Waals surface area contributed by atoms with Gasteiger partial charge in [-0.2, -0.15) is 0 Å². The zero-order valence-electron chi connectivity index (χ0n) is 16.9. The van der Waals surface area contributed by atoms with Crippen LogP contribution in [0.4, 0.5) is 5.69 Å². The van der Waals surface area contributed by atoms with Crippen molar-refractivity contribution < 1.29 is 14.3 Å². The van der Waals surface area contributed by atoms with Crippen LogP contribution in [-0.4, -0.2) is 44.4 Å². The molecule has 0 fully saturated rings. The van der Waals surface area contributed by atoms with Crippen LogP contribution >= 0.6 is 11.8 Å². The van der Waals surface area contributed by atoms with E-state index in [2.05, 4.69) is 20.8 Å². The number of nitrogens with one attached hydrogen (secondary N) is 1. The number of nitrogens with zero attached hydrogens (tertiary/aromatic N) is 5. The molecule has 0 aliphatic carbocycles. The summed E-state index contributed by atoms with van der Waals surface area (Å²) in [5, 5.41) is 14.8. The summed E-state index contributed by atoms with van der Waals surface area (Å²) in [5.41, 5.74) is 0.961. The number of carbonyl (C=O) groups is 1. The van der Waals surface area contributed by atoms with Crippen molar-refractivity contribution >= 4 is 23.4 Å². The summed E-state index contributed by atoms with van der Waals surface area (Å²) in [6.45, 7) is 2.36. The summed E-state index contributed by atoms with van der Waals surface area (Å²) in [7, 11) is 3.14. The lowest BCUT2D eigenvalue weighted by atomic mass is 10.3. The van der Waals surface area contributed by atoms with Gasteiger partial charge in [0.05, 0.1) is 25.6 Å². The first-order valence-corrected chi connectivity index (χ1v) is 10.1. The lowest BCUT2D eigenvalue weighted by Gasteiger charge is -2.15. The van der Waals surface area contributed by atoms with E-state index in [4.69, 9.17) is 9.47 Å². The quantitative estimate of drug-likeness (QED) is 0.511. The molecule has 0 bridgehead atoms. The number of ether oxygens (including phenoxy) is 2. The Labute approximate surface area is 177 Å². The van der Waals surface area contributed by atoms with Crippen LogP contribution in [0.1, 0.15) is 12.6 Å². The Morgan fingerprint density at radius 1 is 1.27 bits per heavy atom. The topological polar surface area (TPSA) is 113 Å². The predicted octanol–water partition coefficient (Wildman–Crippen LogP) is 1.71. The number of tetrazole rings is 1. The van der Waals surface area contributed by atoms with Gasteiger partial charge in [0.15, 0.2) is 5.75 Å². The van der Waals surface area contributed by atoms with E-state index in [0.29, 0.717) is 34.6 Å². The molecule has 0 aliphatic rings. The maximum atomic E-state index is 12.7. The number of carbonyl (C=O) groups excluding carboxylic acids is 1. The molecule has 1 N–H and O–H groups in total. The molecule has 2 heterocycles. The van der Waals surface area contributed by atoms with E-state index in [0.717, 1.165) is 0 Å². The van der Waals surface area contributed by atoms with E-state index in [1.807, 2.05) is 19.1 Å². The molecule has 3 aromatic rings. The highest BCUT2D eigenvalue weighted by Crippen LogP contribution is 2.24. The zero-order valence-corrected chi connectivity index (χ0v) is 17.7. The summed E-state index contributed by atoms with van der Waals surface area (Å²) >= 11 is 1.36. The summed E-state index contributed by atoms with van der Waals surface area (Å²) in [4.78, 5) is 24.9. The summed E-state index contributed by atoms with van der Waals surface area (Å²) < 4.78 is 13.9. The van der Waals surface area contributed by atoms with Gasteiger partial charge in [0, 0.05) is 24.6 Å². The Morgan fingerprint density at radius 3 is 2.77 bits per heavy atom. The molecule has 0 saturated carbocycles. The predicted molar refractivity (Wildman–Crippen MR) is 112 cm³/mol. The number of hydrogen-bond donors (Lipinski definition) is 1. The zero-order chi connectivity index (χ0) is 21.5. The first-order valence-electron chi connectivity index (χ1n) is 9.16. The van der Waals surface area contributed by atoms with Crippen LogP contribution in [0.3, 0.4) is 0 Å². The fourth-order valence-electron chi connectivity index (χ4n) is 2.70. The molecule has 3 rings (SSSR count). The Morgan fingerprint density at radius 2 is 2.07 bits per heavy atom. The molecule has 0 aliphatic heterocycles. The van der Waals surface area contributed by atoms with E-state index in [1.165, 1.54) is 35.8 Å². The highest BCUT2D eigenvalue weighted by atomic mass is 32.2. The van der Waals surface area contributed by atoms with Gasteiger partial charge in [0.25, 0.3) is 0 Å². The maximum absolute atomic E-state index is 12.7. The van der Waals surface area contributed by atoms with Crippen molar-refractivity contribution in [1.82, 2.24) is 24.8 Å². The third-order valence-electron chi connectivity index (χ3n) is 4.11. The number of hydrogen-bond acceptors (Lipinski definition) is 8. The van der Waals surface area contributed by atoms with Crippen LogP contribution in [0.25, 0.3) is 0 Å². The molecule has 11 heteroatoms. The van der Waals surface area contributed by atoms with Gasteiger partial charge in [-0.15, -0.1) is 5.10 Å². The first-order chi connectivity index (χ1) is 14.5. The van der Waals surface area contributed by atoms with Crippen LogP contribution in [0, 0.1) is 0 Å². The van der Waals surface area contributed by atoms with Crippen LogP contribution in [0.15, 0.2) is 46.5 Å². The molecule has 0 unspecified atom stereocenters. The molecule has 158 valence electrons. The SMILES string of the molecule is CCOc1ccccc1NC(=O)Cn1cc(OC)c(=O)cc1CSc1nnnn1C. The molecular formula is C19H22N6O4S. The van der Waals surface area contributed by atoms with E-state index in [9.17, 15) is 9.59 Å². The van der Waals surface area contributed by atoms with E-state index in [1.54, 1.807) is 23.7 Å². The molecule has 2 aromatic heterocycles. The fourth-order valence-corrected chi connectivity index (χ4v) is 3.54. The molecule has 10 nitrogen and oxygen atoms in total. The highest BCUT2D eigenvalue weighted by molar-refractivity contribution is 7.98. The van der Waals surface area contributed by atoms with Crippen molar-refractivity contribution in [1.29, 1.82) is 0 Å². The summed E-state index contributed by atoms with van der Waals surface area (Å²) in [6.07, 6.45) is 1.53. The Kier molecular flexibility index (Phi) is 7.07. The van der Waals surface area contributed by atoms with E-state index >= 15 is 0 Å². The van der Waals surface area contributed by atoms with Gasteiger partial charge in [0.1, 0.15) is 12.3 Å². The van der Waals surface area contributed by atoms with Gasteiger partial charge in [-0.1, -0.05) is 23.9 Å². The largest absolute Gasteiger partial charge is 0.492 e. The standard InChI is InChI=1S/C19H22N6O4S/c1-4-29-16-8-6-5-7-14(16)20-18(27)11-25-10-17(28-3)15(26)9-13(25)12-30-19-21-22-23-24(19)2/h5-10H,4,11-12H2,1-3H3,(H,20,27). The number of aryl methyl sites for hydroxylation is 1. The second-order valence-corrected chi connectivity index (χ2v) is 7.12. The van der Waals surface area contributed by atoms with Gasteiger partial charge in [0.2, 0.25) is 16.5 Å². The summed E-state index contributed by atoms with van der Waals surface area (Å²) in [6, 6.07) is 8.67. The summed E-state index contributed by atoms with van der Waals surface area (Å²) in [5.74, 6) is 0.887.